The van der Waals surface area contributed by atoms with Gasteiger partial charge >= 0.3 is 0 Å². The Balaban J connectivity index is 1.53. The number of para-hydroxylation sites is 1. The molecule has 27 heavy (non-hydrogen) atoms. The van der Waals surface area contributed by atoms with E-state index in [9.17, 15) is 9.59 Å². The molecule has 0 bridgehead atoms. The van der Waals surface area contributed by atoms with Gasteiger partial charge in [0.15, 0.2) is 5.82 Å². The number of anilines is 2. The van der Waals surface area contributed by atoms with Crippen LogP contribution >= 0.6 is 11.6 Å². The number of hydrogen-bond donors (Lipinski definition) is 2. The lowest BCUT2D eigenvalue weighted by atomic mass is 10.1. The van der Waals surface area contributed by atoms with Crippen LogP contribution in [0.4, 0.5) is 11.6 Å². The molecule has 0 aliphatic carbocycles. The molecule has 2 heterocycles. The fourth-order valence-corrected chi connectivity index (χ4v) is 3.06. The van der Waals surface area contributed by atoms with Crippen LogP contribution in [0.25, 0.3) is 11.4 Å². The number of aromatic nitrogens is 3. The molecule has 0 spiro atoms. The van der Waals surface area contributed by atoms with Crippen molar-refractivity contribution in [3.05, 3.63) is 59.1 Å². The Morgan fingerprint density at radius 2 is 1.96 bits per heavy atom. The number of hydrogen-bond acceptors (Lipinski definition) is 4. The Bertz CT molecular complexity index is 1030. The van der Waals surface area contributed by atoms with Crippen LogP contribution in [0.1, 0.15) is 18.0 Å². The minimum atomic E-state index is -0.755. The van der Waals surface area contributed by atoms with Gasteiger partial charge in [0.1, 0.15) is 6.04 Å². The number of halogens is 1. The lowest BCUT2D eigenvalue weighted by Crippen LogP contribution is -2.23. The van der Waals surface area contributed by atoms with E-state index in [-0.39, 0.29) is 18.2 Å². The summed E-state index contributed by atoms with van der Waals surface area (Å²) >= 11 is 6.06. The van der Waals surface area contributed by atoms with E-state index in [0.717, 1.165) is 11.1 Å². The summed E-state index contributed by atoms with van der Waals surface area (Å²) in [4.78, 5) is 29.0. The summed E-state index contributed by atoms with van der Waals surface area (Å²) in [5.74, 6) is 0.200. The molecule has 1 aliphatic rings. The molecule has 2 amide bonds. The zero-order valence-corrected chi connectivity index (χ0v) is 15.2. The molecular formula is C19H16ClN5O2. The van der Waals surface area contributed by atoms with Crippen molar-refractivity contribution < 1.29 is 9.59 Å². The minimum Gasteiger partial charge on any atom is -0.325 e. The molecule has 1 atom stereocenters. The molecule has 0 saturated carbocycles. The first-order valence-electron chi connectivity index (χ1n) is 8.40. The Kier molecular flexibility index (Phi) is 4.37. The summed E-state index contributed by atoms with van der Waals surface area (Å²) in [6.07, 6.45) is -0.0687. The number of fused-ring (bicyclic) bond motifs is 1. The van der Waals surface area contributed by atoms with Crippen LogP contribution in [0, 0.1) is 6.92 Å². The summed E-state index contributed by atoms with van der Waals surface area (Å²) < 4.78 is 1.46. The van der Waals surface area contributed by atoms with Gasteiger partial charge in [0.2, 0.25) is 11.9 Å². The second-order valence-corrected chi connectivity index (χ2v) is 6.71. The van der Waals surface area contributed by atoms with Gasteiger partial charge in [0.25, 0.3) is 5.91 Å². The van der Waals surface area contributed by atoms with Crippen LogP contribution in [0.15, 0.2) is 48.5 Å². The van der Waals surface area contributed by atoms with Gasteiger partial charge in [0.05, 0.1) is 17.1 Å². The van der Waals surface area contributed by atoms with Crippen molar-refractivity contribution >= 4 is 35.1 Å². The van der Waals surface area contributed by atoms with Gasteiger partial charge in [-0.25, -0.2) is 4.68 Å². The highest BCUT2D eigenvalue weighted by Gasteiger charge is 2.35. The lowest BCUT2D eigenvalue weighted by molar-refractivity contribution is -0.123. The van der Waals surface area contributed by atoms with Gasteiger partial charge in [-0.1, -0.05) is 53.6 Å². The van der Waals surface area contributed by atoms with Crippen molar-refractivity contribution in [1.29, 1.82) is 0 Å². The molecular weight excluding hydrogens is 366 g/mol. The average molecular weight is 382 g/mol. The fraction of sp³-hybridized carbons (Fsp3) is 0.158. The first-order valence-corrected chi connectivity index (χ1v) is 8.78. The van der Waals surface area contributed by atoms with E-state index in [4.69, 9.17) is 11.6 Å². The molecule has 0 radical (unpaired) electrons. The maximum atomic E-state index is 12.4. The fourth-order valence-electron chi connectivity index (χ4n) is 2.87. The number of nitrogens with zero attached hydrogens (tertiary/aromatic N) is 3. The van der Waals surface area contributed by atoms with Crippen LogP contribution in [-0.4, -0.2) is 26.6 Å². The average Bonchev–Trinajstić information content (AvgIpc) is 3.17. The third kappa shape index (κ3) is 3.41. The van der Waals surface area contributed by atoms with Gasteiger partial charge in [-0.3, -0.25) is 14.9 Å². The van der Waals surface area contributed by atoms with Crippen molar-refractivity contribution in [2.24, 2.45) is 0 Å². The van der Waals surface area contributed by atoms with Crippen LogP contribution in [0.3, 0.4) is 0 Å². The number of carbonyl (C=O) groups is 2. The molecule has 7 nitrogen and oxygen atoms in total. The molecule has 0 unspecified atom stereocenters. The Morgan fingerprint density at radius 3 is 2.70 bits per heavy atom. The molecule has 3 aromatic rings. The summed E-state index contributed by atoms with van der Waals surface area (Å²) in [5, 5.41) is 10.2. The highest BCUT2D eigenvalue weighted by atomic mass is 35.5. The highest BCUT2D eigenvalue weighted by molar-refractivity contribution is 6.33. The summed E-state index contributed by atoms with van der Waals surface area (Å²) in [6, 6.07) is 13.9. The Morgan fingerprint density at radius 1 is 1.22 bits per heavy atom. The molecule has 2 aromatic carbocycles. The maximum absolute atomic E-state index is 12.4. The van der Waals surface area contributed by atoms with E-state index in [2.05, 4.69) is 20.7 Å². The van der Waals surface area contributed by atoms with Crippen LogP contribution < -0.4 is 10.6 Å². The van der Waals surface area contributed by atoms with E-state index in [1.54, 1.807) is 24.3 Å². The van der Waals surface area contributed by atoms with Gasteiger partial charge < -0.3 is 5.32 Å². The standard InChI is InChI=1S/C19H16ClN5O2/c1-11-6-8-12(9-7-11)17-22-19-23-18(27)15(25(19)24-17)10-16(26)21-14-5-3-2-4-13(14)20/h2-9,15H,10H2,1H3,(H,21,26)(H,22,23,24,27)/t15-/m0/s1. The zero-order valence-electron chi connectivity index (χ0n) is 14.4. The van der Waals surface area contributed by atoms with Crippen molar-refractivity contribution in [2.45, 2.75) is 19.4 Å². The Labute approximate surface area is 160 Å². The van der Waals surface area contributed by atoms with Crippen molar-refractivity contribution in [1.82, 2.24) is 14.8 Å². The zero-order chi connectivity index (χ0) is 19.0. The highest BCUT2D eigenvalue weighted by Crippen LogP contribution is 2.29. The molecule has 0 saturated heterocycles. The van der Waals surface area contributed by atoms with Crippen LogP contribution in [-0.2, 0) is 9.59 Å². The first-order chi connectivity index (χ1) is 13.0. The monoisotopic (exact) mass is 381 g/mol. The van der Waals surface area contributed by atoms with Gasteiger partial charge in [-0.05, 0) is 19.1 Å². The quantitative estimate of drug-likeness (QED) is 0.724. The molecule has 1 aliphatic heterocycles. The number of aryl methyl sites for hydroxylation is 1. The smallest absolute Gasteiger partial charge is 0.252 e. The van der Waals surface area contributed by atoms with E-state index in [0.29, 0.717) is 22.5 Å². The van der Waals surface area contributed by atoms with Crippen LogP contribution in [0.2, 0.25) is 5.02 Å². The minimum absolute atomic E-state index is 0.0687. The largest absolute Gasteiger partial charge is 0.325 e. The number of nitrogens with one attached hydrogen (secondary N) is 2. The number of rotatable bonds is 4. The number of benzene rings is 2. The lowest BCUT2D eigenvalue weighted by Gasteiger charge is -2.10. The van der Waals surface area contributed by atoms with E-state index >= 15 is 0 Å². The second-order valence-electron chi connectivity index (χ2n) is 6.31. The van der Waals surface area contributed by atoms with Crippen molar-refractivity contribution in [2.75, 3.05) is 10.6 Å². The van der Waals surface area contributed by atoms with Gasteiger partial charge in [0, 0.05) is 5.56 Å². The van der Waals surface area contributed by atoms with Crippen LogP contribution in [0.5, 0.6) is 0 Å². The van der Waals surface area contributed by atoms with E-state index in [1.165, 1.54) is 4.68 Å². The number of carbonyl (C=O) groups excluding carboxylic acids is 2. The number of amides is 2. The molecule has 0 fully saturated rings. The van der Waals surface area contributed by atoms with Crippen molar-refractivity contribution in [3.63, 3.8) is 0 Å². The first kappa shape index (κ1) is 17.2. The molecule has 136 valence electrons. The van der Waals surface area contributed by atoms with Gasteiger partial charge in [-0.2, -0.15) is 4.98 Å². The molecule has 4 rings (SSSR count). The summed E-state index contributed by atoms with van der Waals surface area (Å²) in [7, 11) is 0. The third-order valence-electron chi connectivity index (χ3n) is 4.30. The predicted octanol–water partition coefficient (Wildman–Crippen LogP) is 3.43. The van der Waals surface area contributed by atoms with Crippen molar-refractivity contribution in [3.8, 4) is 11.4 Å². The maximum Gasteiger partial charge on any atom is 0.252 e. The SMILES string of the molecule is Cc1ccc(-c2nc3n(n2)[C@@H](CC(=O)Nc2ccccc2Cl)C(=O)N3)cc1. The third-order valence-corrected chi connectivity index (χ3v) is 4.63. The predicted molar refractivity (Wildman–Crippen MR) is 103 cm³/mol. The van der Waals surface area contributed by atoms with E-state index in [1.807, 2.05) is 31.2 Å². The van der Waals surface area contributed by atoms with Gasteiger partial charge in [-0.15, -0.1) is 5.10 Å². The van der Waals surface area contributed by atoms with E-state index < -0.39 is 6.04 Å². The second kappa shape index (κ2) is 6.85. The Hall–Kier alpha value is -3.19. The molecule has 2 N–H and O–H groups in total. The molecule has 1 aromatic heterocycles. The summed E-state index contributed by atoms with van der Waals surface area (Å²) in [6.45, 7) is 2.00. The molecule has 8 heteroatoms. The summed E-state index contributed by atoms with van der Waals surface area (Å²) in [5.41, 5.74) is 2.48. The topological polar surface area (TPSA) is 88.9 Å². The normalized spacial score (nSPS) is 15.3.